The van der Waals surface area contributed by atoms with Gasteiger partial charge in [-0.05, 0) is 43.1 Å². The Morgan fingerprint density at radius 2 is 1.47 bits per heavy atom. The van der Waals surface area contributed by atoms with E-state index in [0.29, 0.717) is 5.56 Å². The van der Waals surface area contributed by atoms with Crippen LogP contribution in [0.1, 0.15) is 18.4 Å². The van der Waals surface area contributed by atoms with Crippen molar-refractivity contribution < 1.29 is 4.39 Å². The molecule has 0 atom stereocenters. The fourth-order valence-electron chi connectivity index (χ4n) is 2.78. The quantitative estimate of drug-likeness (QED) is 0.798. The summed E-state index contributed by atoms with van der Waals surface area (Å²) >= 11 is 0. The van der Waals surface area contributed by atoms with Crippen LogP contribution in [0.3, 0.4) is 0 Å². The average molecular weight is 255 g/mol. The molecule has 2 aromatic rings. The Bertz CT molecular complexity index is 559. The van der Waals surface area contributed by atoms with Gasteiger partial charge in [0.05, 0.1) is 0 Å². The molecular formula is C17H18FN. The van der Waals surface area contributed by atoms with E-state index in [-0.39, 0.29) is 5.82 Å². The first-order valence-electron chi connectivity index (χ1n) is 6.90. The van der Waals surface area contributed by atoms with Gasteiger partial charge in [0, 0.05) is 12.1 Å². The lowest BCUT2D eigenvalue weighted by atomic mass is 9.99. The number of halogens is 1. The molecule has 0 bridgehead atoms. The maximum absolute atomic E-state index is 14.0. The van der Waals surface area contributed by atoms with E-state index < -0.39 is 0 Å². The van der Waals surface area contributed by atoms with E-state index >= 15 is 0 Å². The summed E-state index contributed by atoms with van der Waals surface area (Å²) in [5, 5.41) is 0. The predicted molar refractivity (Wildman–Crippen MR) is 76.3 cm³/mol. The highest BCUT2D eigenvalue weighted by molar-refractivity contribution is 5.67. The van der Waals surface area contributed by atoms with Gasteiger partial charge in [-0.15, -0.1) is 0 Å². The van der Waals surface area contributed by atoms with E-state index in [1.54, 1.807) is 6.07 Å². The highest BCUT2D eigenvalue weighted by Gasteiger charge is 2.15. The van der Waals surface area contributed by atoms with Crippen LogP contribution >= 0.6 is 0 Å². The molecule has 19 heavy (non-hydrogen) atoms. The number of rotatable bonds is 3. The fourth-order valence-corrected chi connectivity index (χ4v) is 2.78. The monoisotopic (exact) mass is 255 g/mol. The van der Waals surface area contributed by atoms with Crippen molar-refractivity contribution in [2.45, 2.75) is 19.4 Å². The molecule has 3 rings (SSSR count). The first-order chi connectivity index (χ1) is 9.34. The molecule has 0 amide bonds. The first-order valence-corrected chi connectivity index (χ1v) is 6.90. The maximum atomic E-state index is 14.0. The summed E-state index contributed by atoms with van der Waals surface area (Å²) in [6.07, 6.45) is 2.56. The van der Waals surface area contributed by atoms with Crippen LogP contribution in [0.4, 0.5) is 4.39 Å². The average Bonchev–Trinajstić information content (AvgIpc) is 2.93. The van der Waals surface area contributed by atoms with E-state index in [1.165, 1.54) is 24.5 Å². The molecule has 0 aliphatic carbocycles. The van der Waals surface area contributed by atoms with Crippen LogP contribution in [-0.2, 0) is 6.54 Å². The topological polar surface area (TPSA) is 3.24 Å². The molecule has 1 nitrogen and oxygen atoms in total. The summed E-state index contributed by atoms with van der Waals surface area (Å²) in [5.74, 6) is -0.142. The fraction of sp³-hybridized carbons (Fsp3) is 0.294. The van der Waals surface area contributed by atoms with Crippen molar-refractivity contribution in [3.05, 3.63) is 59.9 Å². The van der Waals surface area contributed by atoms with Crippen molar-refractivity contribution in [1.29, 1.82) is 0 Å². The molecule has 2 aromatic carbocycles. The lowest BCUT2D eigenvalue weighted by molar-refractivity contribution is 0.332. The zero-order chi connectivity index (χ0) is 13.1. The Balaban J connectivity index is 1.95. The van der Waals surface area contributed by atoms with Gasteiger partial charge in [-0.1, -0.05) is 42.5 Å². The summed E-state index contributed by atoms with van der Waals surface area (Å²) in [4.78, 5) is 2.44. The van der Waals surface area contributed by atoms with Crippen LogP contribution in [0.2, 0.25) is 0 Å². The predicted octanol–water partition coefficient (Wildman–Crippen LogP) is 4.09. The van der Waals surface area contributed by atoms with Crippen LogP contribution in [0, 0.1) is 5.82 Å². The molecule has 2 heteroatoms. The van der Waals surface area contributed by atoms with Gasteiger partial charge < -0.3 is 0 Å². The van der Waals surface area contributed by atoms with Crippen LogP contribution in [0.5, 0.6) is 0 Å². The third-order valence-electron chi connectivity index (χ3n) is 3.77. The van der Waals surface area contributed by atoms with Crippen LogP contribution in [-0.4, -0.2) is 18.0 Å². The normalized spacial score (nSPS) is 15.8. The molecule has 0 spiro atoms. The Morgan fingerprint density at radius 3 is 2.21 bits per heavy atom. The van der Waals surface area contributed by atoms with E-state index in [2.05, 4.69) is 11.0 Å². The highest BCUT2D eigenvalue weighted by atomic mass is 19.1. The standard InChI is InChI=1S/C17H18FN/c18-17-10-4-3-9-16(17)15-8-2-1-7-14(15)13-19-11-5-6-12-19/h1-4,7-10H,5-6,11-13H2. The molecule has 1 fully saturated rings. The number of hydrogen-bond donors (Lipinski definition) is 0. The molecule has 98 valence electrons. The minimum absolute atomic E-state index is 0.142. The molecule has 0 aromatic heterocycles. The maximum Gasteiger partial charge on any atom is 0.131 e. The molecule has 0 unspecified atom stereocenters. The lowest BCUT2D eigenvalue weighted by Gasteiger charge is -2.17. The summed E-state index contributed by atoms with van der Waals surface area (Å²) in [6, 6.07) is 15.2. The van der Waals surface area contributed by atoms with Gasteiger partial charge in [0.1, 0.15) is 5.82 Å². The van der Waals surface area contributed by atoms with E-state index in [1.807, 2.05) is 30.3 Å². The van der Waals surface area contributed by atoms with Gasteiger partial charge in [0.25, 0.3) is 0 Å². The van der Waals surface area contributed by atoms with Crippen LogP contribution in [0.15, 0.2) is 48.5 Å². The molecule has 1 aliphatic heterocycles. The molecular weight excluding hydrogens is 237 g/mol. The Labute approximate surface area is 113 Å². The second kappa shape index (κ2) is 5.54. The van der Waals surface area contributed by atoms with Crippen LogP contribution < -0.4 is 0 Å². The van der Waals surface area contributed by atoms with E-state index in [0.717, 1.165) is 25.2 Å². The molecule has 0 radical (unpaired) electrons. The summed E-state index contributed by atoms with van der Waals surface area (Å²) in [6.45, 7) is 3.24. The zero-order valence-corrected chi connectivity index (χ0v) is 11.0. The van der Waals surface area contributed by atoms with Gasteiger partial charge in [0.2, 0.25) is 0 Å². The SMILES string of the molecule is Fc1ccccc1-c1ccccc1CN1CCCC1. The minimum atomic E-state index is -0.142. The smallest absolute Gasteiger partial charge is 0.131 e. The third kappa shape index (κ3) is 2.69. The molecule has 0 saturated carbocycles. The summed E-state index contributed by atoms with van der Waals surface area (Å²) in [7, 11) is 0. The highest BCUT2D eigenvalue weighted by Crippen LogP contribution is 2.27. The minimum Gasteiger partial charge on any atom is -0.299 e. The van der Waals surface area contributed by atoms with Gasteiger partial charge in [-0.3, -0.25) is 4.90 Å². The van der Waals surface area contributed by atoms with Gasteiger partial charge in [-0.25, -0.2) is 4.39 Å². The van der Waals surface area contributed by atoms with Crippen molar-refractivity contribution in [2.75, 3.05) is 13.1 Å². The Kier molecular flexibility index (Phi) is 3.60. The van der Waals surface area contributed by atoms with Crippen molar-refractivity contribution >= 4 is 0 Å². The second-order valence-electron chi connectivity index (χ2n) is 5.12. The van der Waals surface area contributed by atoms with Gasteiger partial charge >= 0.3 is 0 Å². The lowest BCUT2D eigenvalue weighted by Crippen LogP contribution is -2.18. The van der Waals surface area contributed by atoms with Crippen molar-refractivity contribution in [3.63, 3.8) is 0 Å². The van der Waals surface area contributed by atoms with E-state index in [4.69, 9.17) is 0 Å². The third-order valence-corrected chi connectivity index (χ3v) is 3.77. The molecule has 0 N–H and O–H groups in total. The first kappa shape index (κ1) is 12.4. The largest absolute Gasteiger partial charge is 0.299 e. The number of benzene rings is 2. The van der Waals surface area contributed by atoms with Crippen molar-refractivity contribution in [3.8, 4) is 11.1 Å². The van der Waals surface area contributed by atoms with E-state index in [9.17, 15) is 4.39 Å². The van der Waals surface area contributed by atoms with Crippen molar-refractivity contribution in [2.24, 2.45) is 0 Å². The summed E-state index contributed by atoms with van der Waals surface area (Å²) in [5.41, 5.74) is 2.94. The van der Waals surface area contributed by atoms with Gasteiger partial charge in [0.15, 0.2) is 0 Å². The molecule has 1 aliphatic rings. The summed E-state index contributed by atoms with van der Waals surface area (Å²) < 4.78 is 14.0. The number of likely N-dealkylation sites (tertiary alicyclic amines) is 1. The molecule has 1 saturated heterocycles. The zero-order valence-electron chi connectivity index (χ0n) is 11.0. The van der Waals surface area contributed by atoms with Gasteiger partial charge in [-0.2, -0.15) is 0 Å². The molecule has 1 heterocycles. The van der Waals surface area contributed by atoms with Crippen molar-refractivity contribution in [1.82, 2.24) is 4.90 Å². The number of hydrogen-bond acceptors (Lipinski definition) is 1. The van der Waals surface area contributed by atoms with Crippen LogP contribution in [0.25, 0.3) is 11.1 Å². The second-order valence-corrected chi connectivity index (χ2v) is 5.12. The Morgan fingerprint density at radius 1 is 0.842 bits per heavy atom. The Hall–Kier alpha value is -1.67. The number of nitrogens with zero attached hydrogens (tertiary/aromatic N) is 1.